The molecule has 0 saturated heterocycles. The quantitative estimate of drug-likeness (QED) is 0.452. The van der Waals surface area contributed by atoms with Crippen molar-refractivity contribution in [1.29, 1.82) is 0 Å². The number of rotatable bonds is 4. The predicted octanol–water partition coefficient (Wildman–Crippen LogP) is 4.16. The van der Waals surface area contributed by atoms with Gasteiger partial charge in [0, 0.05) is 23.3 Å². The smallest absolute Gasteiger partial charge is 0.337 e. The van der Waals surface area contributed by atoms with Crippen molar-refractivity contribution in [2.75, 3.05) is 12.0 Å². The molecule has 1 aliphatic heterocycles. The fourth-order valence-electron chi connectivity index (χ4n) is 3.69. The van der Waals surface area contributed by atoms with Gasteiger partial charge < -0.3 is 14.4 Å². The standard InChI is InChI=1S/C23H19N3O4S/c1-14-21(27)26(12-15-4-3-5-17(10-15)22(28)29-2)19-11-16(6-7-20(19)30-14)18-13-25-8-9-31-23(25)24-18/h3-11,13-14H,12H2,1-2H3. The Bertz CT molecular complexity index is 1280. The van der Waals surface area contributed by atoms with Crippen LogP contribution in [0.4, 0.5) is 5.69 Å². The molecule has 3 heterocycles. The maximum Gasteiger partial charge on any atom is 0.337 e. The minimum Gasteiger partial charge on any atom is -0.479 e. The first-order chi connectivity index (χ1) is 15.0. The van der Waals surface area contributed by atoms with Crippen LogP contribution in [0.3, 0.4) is 0 Å². The number of thiazole rings is 1. The van der Waals surface area contributed by atoms with Gasteiger partial charge in [0.15, 0.2) is 11.1 Å². The minimum atomic E-state index is -0.597. The van der Waals surface area contributed by atoms with E-state index in [1.165, 1.54) is 7.11 Å². The molecular weight excluding hydrogens is 414 g/mol. The summed E-state index contributed by atoms with van der Waals surface area (Å²) in [5, 5.41) is 1.98. The van der Waals surface area contributed by atoms with E-state index >= 15 is 0 Å². The third kappa shape index (κ3) is 3.44. The number of hydrogen-bond donors (Lipinski definition) is 0. The molecule has 0 aliphatic carbocycles. The second-order valence-corrected chi connectivity index (χ2v) is 8.15. The van der Waals surface area contributed by atoms with Crippen LogP contribution >= 0.6 is 11.3 Å². The fraction of sp³-hybridized carbons (Fsp3) is 0.174. The van der Waals surface area contributed by atoms with Crippen LogP contribution in [0.15, 0.2) is 60.2 Å². The molecule has 0 bridgehead atoms. The number of hydrogen-bond acceptors (Lipinski definition) is 6. The molecule has 0 fully saturated rings. The van der Waals surface area contributed by atoms with Gasteiger partial charge in [-0.2, -0.15) is 0 Å². The third-order valence-electron chi connectivity index (χ3n) is 5.25. The van der Waals surface area contributed by atoms with E-state index in [9.17, 15) is 9.59 Å². The Kier molecular flexibility index (Phi) is 4.71. The molecule has 31 heavy (non-hydrogen) atoms. The lowest BCUT2D eigenvalue weighted by molar-refractivity contribution is -0.125. The monoisotopic (exact) mass is 433 g/mol. The summed E-state index contributed by atoms with van der Waals surface area (Å²) in [6, 6.07) is 12.8. The van der Waals surface area contributed by atoms with Gasteiger partial charge in [0.05, 0.1) is 30.6 Å². The number of carbonyl (C=O) groups excluding carboxylic acids is 2. The highest BCUT2D eigenvalue weighted by atomic mass is 32.1. The summed E-state index contributed by atoms with van der Waals surface area (Å²) < 4.78 is 12.6. The number of ether oxygens (including phenoxy) is 2. The Hall–Kier alpha value is -3.65. The highest BCUT2D eigenvalue weighted by molar-refractivity contribution is 7.15. The third-order valence-corrected chi connectivity index (χ3v) is 6.02. The highest BCUT2D eigenvalue weighted by Gasteiger charge is 2.32. The average molecular weight is 433 g/mol. The number of imidazole rings is 1. The summed E-state index contributed by atoms with van der Waals surface area (Å²) in [7, 11) is 1.35. The number of benzene rings is 2. The molecule has 1 atom stereocenters. The van der Waals surface area contributed by atoms with Crippen molar-refractivity contribution in [1.82, 2.24) is 9.38 Å². The number of nitrogens with zero attached hydrogens (tertiary/aromatic N) is 3. The lowest BCUT2D eigenvalue weighted by Gasteiger charge is -2.33. The van der Waals surface area contributed by atoms with Gasteiger partial charge in [-0.05, 0) is 42.8 Å². The first-order valence-electron chi connectivity index (χ1n) is 9.75. The van der Waals surface area contributed by atoms with Crippen molar-refractivity contribution >= 4 is 33.9 Å². The van der Waals surface area contributed by atoms with Crippen LogP contribution in [-0.2, 0) is 16.1 Å². The van der Waals surface area contributed by atoms with Crippen molar-refractivity contribution in [2.24, 2.45) is 0 Å². The molecule has 0 radical (unpaired) electrons. The van der Waals surface area contributed by atoms with Gasteiger partial charge in [0.2, 0.25) is 0 Å². The molecule has 1 unspecified atom stereocenters. The SMILES string of the molecule is COC(=O)c1cccc(CN2C(=O)C(C)Oc3ccc(-c4cn5ccsc5n4)cc32)c1. The molecule has 4 aromatic rings. The molecule has 8 heteroatoms. The maximum atomic E-state index is 13.0. The van der Waals surface area contributed by atoms with Crippen LogP contribution in [0.2, 0.25) is 0 Å². The van der Waals surface area contributed by atoms with Crippen molar-refractivity contribution in [2.45, 2.75) is 19.6 Å². The lowest BCUT2D eigenvalue weighted by Crippen LogP contribution is -2.44. The van der Waals surface area contributed by atoms with E-state index in [1.807, 2.05) is 46.4 Å². The van der Waals surface area contributed by atoms with Crippen LogP contribution in [0, 0.1) is 0 Å². The molecule has 1 aliphatic rings. The van der Waals surface area contributed by atoms with E-state index in [-0.39, 0.29) is 5.91 Å². The molecule has 7 nitrogen and oxygen atoms in total. The van der Waals surface area contributed by atoms with Crippen LogP contribution in [-0.4, -0.2) is 34.5 Å². The van der Waals surface area contributed by atoms with E-state index in [0.29, 0.717) is 23.5 Å². The van der Waals surface area contributed by atoms with Crippen molar-refractivity contribution in [3.05, 3.63) is 71.4 Å². The molecule has 2 aromatic heterocycles. The van der Waals surface area contributed by atoms with Crippen LogP contribution in [0.5, 0.6) is 5.75 Å². The first-order valence-corrected chi connectivity index (χ1v) is 10.6. The normalized spacial score (nSPS) is 15.6. The van der Waals surface area contributed by atoms with Crippen LogP contribution < -0.4 is 9.64 Å². The molecule has 1 amide bonds. The molecule has 156 valence electrons. The number of amides is 1. The first kappa shape index (κ1) is 19.3. The second kappa shape index (κ2) is 7.55. The van der Waals surface area contributed by atoms with Crippen LogP contribution in [0.1, 0.15) is 22.8 Å². The van der Waals surface area contributed by atoms with E-state index in [0.717, 1.165) is 21.8 Å². The predicted molar refractivity (Wildman–Crippen MR) is 118 cm³/mol. The summed E-state index contributed by atoms with van der Waals surface area (Å²) in [4.78, 5) is 32.2. The molecular formula is C23H19N3O4S. The number of fused-ring (bicyclic) bond motifs is 2. The number of carbonyl (C=O) groups is 2. The Morgan fingerprint density at radius 3 is 2.94 bits per heavy atom. The summed E-state index contributed by atoms with van der Waals surface area (Å²) >= 11 is 1.56. The largest absolute Gasteiger partial charge is 0.479 e. The van der Waals surface area contributed by atoms with Gasteiger partial charge in [-0.25, -0.2) is 9.78 Å². The van der Waals surface area contributed by atoms with E-state index in [2.05, 4.69) is 4.98 Å². The van der Waals surface area contributed by atoms with Gasteiger partial charge in [0.1, 0.15) is 5.75 Å². The Labute approximate surface area is 182 Å². The summed E-state index contributed by atoms with van der Waals surface area (Å²) in [5.41, 5.74) is 3.67. The second-order valence-electron chi connectivity index (χ2n) is 7.28. The molecule has 0 N–H and O–H groups in total. The van der Waals surface area contributed by atoms with Gasteiger partial charge in [-0.3, -0.25) is 9.20 Å². The zero-order chi connectivity index (χ0) is 21.5. The van der Waals surface area contributed by atoms with Crippen LogP contribution in [0.25, 0.3) is 16.2 Å². The average Bonchev–Trinajstić information content (AvgIpc) is 3.39. The molecule has 0 spiro atoms. The number of anilines is 1. The molecule has 0 saturated carbocycles. The summed E-state index contributed by atoms with van der Waals surface area (Å²) in [6.45, 7) is 2.05. The summed E-state index contributed by atoms with van der Waals surface area (Å²) in [6.07, 6.45) is 3.33. The molecule has 5 rings (SSSR count). The van der Waals surface area contributed by atoms with Crippen molar-refractivity contribution < 1.29 is 19.1 Å². The van der Waals surface area contributed by atoms with Gasteiger partial charge >= 0.3 is 5.97 Å². The van der Waals surface area contributed by atoms with Gasteiger partial charge in [0.25, 0.3) is 5.91 Å². The van der Waals surface area contributed by atoms with Crippen molar-refractivity contribution in [3.8, 4) is 17.0 Å². The summed E-state index contributed by atoms with van der Waals surface area (Å²) in [5.74, 6) is 0.0888. The van der Waals surface area contributed by atoms with E-state index in [4.69, 9.17) is 9.47 Å². The topological polar surface area (TPSA) is 73.1 Å². The van der Waals surface area contributed by atoms with Crippen molar-refractivity contribution in [3.63, 3.8) is 0 Å². The van der Waals surface area contributed by atoms with Gasteiger partial charge in [-0.1, -0.05) is 12.1 Å². The minimum absolute atomic E-state index is 0.140. The Morgan fingerprint density at radius 1 is 1.26 bits per heavy atom. The highest BCUT2D eigenvalue weighted by Crippen LogP contribution is 2.38. The van der Waals surface area contributed by atoms with E-state index < -0.39 is 12.1 Å². The Morgan fingerprint density at radius 2 is 2.13 bits per heavy atom. The molecule has 2 aromatic carbocycles. The van der Waals surface area contributed by atoms with E-state index in [1.54, 1.807) is 41.4 Å². The number of esters is 1. The van der Waals surface area contributed by atoms with Gasteiger partial charge in [-0.15, -0.1) is 11.3 Å². The zero-order valence-corrected chi connectivity index (χ0v) is 17.8. The number of methoxy groups -OCH3 is 1. The number of aromatic nitrogens is 2. The zero-order valence-electron chi connectivity index (χ0n) is 16.9. The fourth-order valence-corrected chi connectivity index (χ4v) is 4.39. The Balaban J connectivity index is 1.53. The lowest BCUT2D eigenvalue weighted by atomic mass is 10.1. The maximum absolute atomic E-state index is 13.0.